The molecule has 10 heavy (non-hydrogen) atoms. The second kappa shape index (κ2) is 1.41. The molecule has 2 heterocycles. The Morgan fingerprint density at radius 1 is 1.40 bits per heavy atom. The lowest BCUT2D eigenvalue weighted by Crippen LogP contribution is -2.14. The fourth-order valence-corrected chi connectivity index (χ4v) is 0.836. The van der Waals surface area contributed by atoms with Gasteiger partial charge in [0.25, 0.3) is 5.78 Å². The highest BCUT2D eigenvalue weighted by Gasteiger charge is 2.02. The molecule has 2 aromatic heterocycles. The summed E-state index contributed by atoms with van der Waals surface area (Å²) in [6.45, 7) is 0. The minimum Gasteiger partial charge on any atom is -0.382 e. The van der Waals surface area contributed by atoms with Gasteiger partial charge in [-0.3, -0.25) is 0 Å². The van der Waals surface area contributed by atoms with Crippen molar-refractivity contribution in [1.82, 2.24) is 19.3 Å². The molecule has 4 N–H and O–H groups in total. The Labute approximate surface area is 56.0 Å². The maximum absolute atomic E-state index is 5.48. The number of aromatic nitrogens is 4. The highest BCUT2D eigenvalue weighted by Crippen LogP contribution is 2.02. The van der Waals surface area contributed by atoms with Gasteiger partial charge in [0.1, 0.15) is 12.1 Å². The van der Waals surface area contributed by atoms with Crippen molar-refractivity contribution in [3.8, 4) is 0 Å². The molecule has 0 atom stereocenters. The topological polar surface area (TPSA) is 87.2 Å². The molecule has 0 radical (unpaired) electrons. The third-order valence-corrected chi connectivity index (χ3v) is 1.27. The van der Waals surface area contributed by atoms with Crippen LogP contribution in [0.4, 0.5) is 5.82 Å². The SMILES string of the molecule is Nc1cnc2ncn(N)n12. The average Bonchev–Trinajstić information content (AvgIpc) is 2.40. The maximum Gasteiger partial charge on any atom is 0.254 e. The van der Waals surface area contributed by atoms with E-state index < -0.39 is 0 Å². The molecule has 0 aliphatic carbocycles. The Balaban J connectivity index is 2.98. The third kappa shape index (κ3) is 0.426. The number of hydrogen-bond donors (Lipinski definition) is 2. The van der Waals surface area contributed by atoms with Crippen molar-refractivity contribution in [2.45, 2.75) is 0 Å². The van der Waals surface area contributed by atoms with Crippen LogP contribution in [0.2, 0.25) is 0 Å². The Morgan fingerprint density at radius 2 is 2.20 bits per heavy atom. The third-order valence-electron chi connectivity index (χ3n) is 1.27. The van der Waals surface area contributed by atoms with E-state index in [0.29, 0.717) is 11.6 Å². The van der Waals surface area contributed by atoms with Gasteiger partial charge < -0.3 is 11.6 Å². The van der Waals surface area contributed by atoms with Crippen LogP contribution in [-0.2, 0) is 0 Å². The summed E-state index contributed by atoms with van der Waals surface area (Å²) in [4.78, 5) is 8.99. The van der Waals surface area contributed by atoms with Gasteiger partial charge in [0.15, 0.2) is 0 Å². The van der Waals surface area contributed by atoms with Crippen molar-refractivity contribution < 1.29 is 0 Å². The first-order valence-corrected chi connectivity index (χ1v) is 2.70. The fourth-order valence-electron chi connectivity index (χ4n) is 0.836. The van der Waals surface area contributed by atoms with E-state index in [2.05, 4.69) is 9.97 Å². The summed E-state index contributed by atoms with van der Waals surface area (Å²) in [5, 5.41) is 0. The van der Waals surface area contributed by atoms with Gasteiger partial charge in [-0.05, 0) is 0 Å². The Bertz CT molecular complexity index is 325. The minimum absolute atomic E-state index is 0.481. The van der Waals surface area contributed by atoms with E-state index in [4.69, 9.17) is 11.6 Å². The van der Waals surface area contributed by atoms with Crippen LogP contribution in [0.1, 0.15) is 0 Å². The number of fused-ring (bicyclic) bond motifs is 1. The molecule has 0 aliphatic rings. The van der Waals surface area contributed by atoms with E-state index in [1.165, 1.54) is 21.8 Å². The highest BCUT2D eigenvalue weighted by atomic mass is 15.6. The number of rotatable bonds is 0. The van der Waals surface area contributed by atoms with Gasteiger partial charge in [-0.1, -0.05) is 0 Å². The molecule has 2 aromatic rings. The smallest absolute Gasteiger partial charge is 0.254 e. The van der Waals surface area contributed by atoms with Gasteiger partial charge in [-0.15, -0.1) is 0 Å². The predicted molar refractivity (Wildman–Crippen MR) is 35.5 cm³/mol. The fraction of sp³-hybridized carbons (Fsp3) is 0. The van der Waals surface area contributed by atoms with Crippen LogP contribution in [-0.4, -0.2) is 19.3 Å². The van der Waals surface area contributed by atoms with Crippen molar-refractivity contribution in [3.63, 3.8) is 0 Å². The van der Waals surface area contributed by atoms with E-state index in [1.54, 1.807) is 0 Å². The molecular weight excluding hydrogens is 132 g/mol. The number of nitrogens with zero attached hydrogens (tertiary/aromatic N) is 4. The van der Waals surface area contributed by atoms with Crippen LogP contribution in [0.25, 0.3) is 5.78 Å². The lowest BCUT2D eigenvalue weighted by molar-refractivity contribution is 0.768. The van der Waals surface area contributed by atoms with E-state index in [-0.39, 0.29) is 0 Å². The van der Waals surface area contributed by atoms with E-state index in [0.717, 1.165) is 0 Å². The monoisotopic (exact) mass is 138 g/mol. The van der Waals surface area contributed by atoms with Crippen LogP contribution in [0.5, 0.6) is 0 Å². The van der Waals surface area contributed by atoms with Gasteiger partial charge >= 0.3 is 0 Å². The number of nitrogen functional groups attached to an aromatic ring is 2. The first kappa shape index (κ1) is 5.10. The van der Waals surface area contributed by atoms with Gasteiger partial charge in [0.2, 0.25) is 0 Å². The van der Waals surface area contributed by atoms with E-state index in [9.17, 15) is 0 Å². The molecule has 0 aromatic carbocycles. The zero-order chi connectivity index (χ0) is 7.14. The van der Waals surface area contributed by atoms with Gasteiger partial charge in [0.05, 0.1) is 6.20 Å². The summed E-state index contributed by atoms with van der Waals surface area (Å²) < 4.78 is 1.50. The van der Waals surface area contributed by atoms with Gasteiger partial charge in [-0.25, -0.2) is 4.98 Å². The molecule has 6 nitrogen and oxygen atoms in total. The highest BCUT2D eigenvalue weighted by molar-refractivity contribution is 5.39. The molecule has 0 saturated carbocycles. The second-order valence-electron chi connectivity index (χ2n) is 1.92. The van der Waals surface area contributed by atoms with Gasteiger partial charge in [0, 0.05) is 0 Å². The van der Waals surface area contributed by atoms with Gasteiger partial charge in [-0.2, -0.15) is 14.3 Å². The molecule has 0 bridgehead atoms. The van der Waals surface area contributed by atoms with E-state index in [1.807, 2.05) is 0 Å². The largest absolute Gasteiger partial charge is 0.382 e. The van der Waals surface area contributed by atoms with Crippen molar-refractivity contribution in [3.05, 3.63) is 12.5 Å². The first-order chi connectivity index (χ1) is 4.79. The lowest BCUT2D eigenvalue weighted by atomic mass is 10.8. The number of nitrogens with two attached hydrogens (primary N) is 2. The Hall–Kier alpha value is -1.72. The van der Waals surface area contributed by atoms with Crippen molar-refractivity contribution >= 4 is 11.6 Å². The molecule has 0 spiro atoms. The second-order valence-corrected chi connectivity index (χ2v) is 1.92. The van der Waals surface area contributed by atoms with Crippen molar-refractivity contribution in [2.24, 2.45) is 0 Å². The zero-order valence-corrected chi connectivity index (χ0v) is 5.10. The summed E-state index contributed by atoms with van der Waals surface area (Å²) in [6, 6.07) is 0. The molecule has 0 saturated heterocycles. The quantitative estimate of drug-likeness (QED) is 0.449. The number of anilines is 1. The molecule has 0 unspecified atom stereocenters. The zero-order valence-electron chi connectivity index (χ0n) is 5.10. The van der Waals surface area contributed by atoms with Crippen LogP contribution in [0, 0.1) is 0 Å². The Kier molecular flexibility index (Phi) is 0.717. The van der Waals surface area contributed by atoms with Crippen LogP contribution < -0.4 is 11.6 Å². The summed E-state index contributed by atoms with van der Waals surface area (Å²) in [6.07, 6.45) is 2.95. The number of hydrogen-bond acceptors (Lipinski definition) is 4. The van der Waals surface area contributed by atoms with Crippen molar-refractivity contribution in [2.75, 3.05) is 11.6 Å². The molecule has 2 rings (SSSR count). The Morgan fingerprint density at radius 3 is 2.90 bits per heavy atom. The average molecular weight is 138 g/mol. The maximum atomic E-state index is 5.48. The van der Waals surface area contributed by atoms with E-state index >= 15 is 0 Å². The molecule has 0 amide bonds. The molecule has 52 valence electrons. The van der Waals surface area contributed by atoms with Crippen molar-refractivity contribution in [1.29, 1.82) is 0 Å². The molecular formula is C4H6N6. The van der Waals surface area contributed by atoms with Crippen LogP contribution in [0.15, 0.2) is 12.5 Å². The summed E-state index contributed by atoms with van der Waals surface area (Å²) >= 11 is 0. The summed E-state index contributed by atoms with van der Waals surface area (Å²) in [5.41, 5.74) is 5.48. The molecule has 0 aliphatic heterocycles. The minimum atomic E-state index is 0.481. The summed E-state index contributed by atoms with van der Waals surface area (Å²) in [5.74, 6) is 6.41. The standard InChI is InChI=1S/C4H6N6/c5-3-1-7-4-8-2-9(6)10(3)4/h1-2H,5-6H2. The predicted octanol–water partition coefficient (Wildman–Crippen LogP) is -1.17. The number of imidazole rings is 1. The molecule has 0 fully saturated rings. The van der Waals surface area contributed by atoms with Crippen LogP contribution in [0.3, 0.4) is 0 Å². The summed E-state index contributed by atoms with van der Waals surface area (Å²) in [7, 11) is 0. The first-order valence-electron chi connectivity index (χ1n) is 2.70. The lowest BCUT2D eigenvalue weighted by Gasteiger charge is -1.93. The van der Waals surface area contributed by atoms with Crippen LogP contribution >= 0.6 is 0 Å². The molecule has 6 heteroatoms. The normalized spacial score (nSPS) is 10.8.